The normalized spacial score (nSPS) is 15.7. The molecule has 1 aromatic carbocycles. The highest BCUT2D eigenvalue weighted by Gasteiger charge is 2.32. The van der Waals surface area contributed by atoms with Gasteiger partial charge in [-0.2, -0.15) is 0 Å². The quantitative estimate of drug-likeness (QED) is 0.912. The van der Waals surface area contributed by atoms with Crippen molar-refractivity contribution >= 4 is 17.6 Å². The van der Waals surface area contributed by atoms with E-state index in [2.05, 4.69) is 0 Å². The van der Waals surface area contributed by atoms with Crippen LogP contribution in [0.25, 0.3) is 0 Å². The summed E-state index contributed by atoms with van der Waals surface area (Å²) in [5.74, 6) is -0.180. The number of hydrogen-bond acceptors (Lipinski definition) is 3. The van der Waals surface area contributed by atoms with Crippen LogP contribution in [0.4, 0.5) is 0 Å². The second-order valence-electron chi connectivity index (χ2n) is 4.74. The van der Waals surface area contributed by atoms with Crippen LogP contribution in [0.5, 0.6) is 11.5 Å². The van der Waals surface area contributed by atoms with Crippen molar-refractivity contribution in [3.05, 3.63) is 22.7 Å². The summed E-state index contributed by atoms with van der Waals surface area (Å²) in [6.07, 6.45) is 1.30. The standard InChI is InChI=1S/C13H15ClO4/c1-13(2)17-10-6-8(4-3-5-12(15)16)9(14)7-11(10)18-13/h6-7H,3-5H2,1-2H3,(H,15,16). The first kappa shape index (κ1) is 13.0. The van der Waals surface area contributed by atoms with Crippen molar-refractivity contribution in [2.45, 2.75) is 38.9 Å². The lowest BCUT2D eigenvalue weighted by molar-refractivity contribution is -0.137. The number of halogens is 1. The van der Waals surface area contributed by atoms with Gasteiger partial charge in [-0.15, -0.1) is 0 Å². The van der Waals surface area contributed by atoms with E-state index < -0.39 is 11.8 Å². The van der Waals surface area contributed by atoms with Crippen LogP contribution in [-0.2, 0) is 11.2 Å². The molecule has 0 spiro atoms. The molecule has 98 valence electrons. The summed E-state index contributed by atoms with van der Waals surface area (Å²) in [4.78, 5) is 10.5. The van der Waals surface area contributed by atoms with E-state index in [4.69, 9.17) is 26.2 Å². The van der Waals surface area contributed by atoms with Crippen molar-refractivity contribution in [2.24, 2.45) is 0 Å². The molecule has 0 saturated carbocycles. The molecule has 1 aliphatic rings. The Balaban J connectivity index is 2.12. The molecule has 0 bridgehead atoms. The average Bonchev–Trinajstić information content (AvgIpc) is 2.51. The SMILES string of the molecule is CC1(C)Oc2cc(Cl)c(CCCC(=O)O)cc2O1. The summed E-state index contributed by atoms with van der Waals surface area (Å²) >= 11 is 6.13. The molecule has 0 unspecified atom stereocenters. The molecule has 0 aromatic heterocycles. The van der Waals surface area contributed by atoms with E-state index in [1.807, 2.05) is 19.9 Å². The molecule has 1 N–H and O–H groups in total. The van der Waals surface area contributed by atoms with Gasteiger partial charge in [0.15, 0.2) is 11.5 Å². The van der Waals surface area contributed by atoms with E-state index in [1.54, 1.807) is 6.07 Å². The molecule has 0 fully saturated rings. The minimum absolute atomic E-state index is 0.135. The predicted molar refractivity (Wildman–Crippen MR) is 67.4 cm³/mol. The highest BCUT2D eigenvalue weighted by molar-refractivity contribution is 6.31. The van der Waals surface area contributed by atoms with E-state index in [0.29, 0.717) is 29.4 Å². The van der Waals surface area contributed by atoms with Crippen molar-refractivity contribution in [1.82, 2.24) is 0 Å². The molecule has 4 nitrogen and oxygen atoms in total. The van der Waals surface area contributed by atoms with Gasteiger partial charge < -0.3 is 14.6 Å². The third-order valence-corrected chi connectivity index (χ3v) is 3.01. The van der Waals surface area contributed by atoms with Gasteiger partial charge >= 0.3 is 5.97 Å². The molecule has 0 amide bonds. The number of ether oxygens (including phenoxy) is 2. The summed E-state index contributed by atoms with van der Waals surface area (Å²) in [6.45, 7) is 3.65. The number of fused-ring (bicyclic) bond motifs is 1. The second-order valence-corrected chi connectivity index (χ2v) is 5.15. The van der Waals surface area contributed by atoms with Gasteiger partial charge in [-0.05, 0) is 24.5 Å². The summed E-state index contributed by atoms with van der Waals surface area (Å²) in [5, 5.41) is 9.19. The van der Waals surface area contributed by atoms with E-state index in [0.717, 1.165) is 5.56 Å². The first-order chi connectivity index (χ1) is 8.37. The number of carboxylic acid groups (broad SMARTS) is 1. The highest BCUT2D eigenvalue weighted by Crippen LogP contribution is 2.42. The van der Waals surface area contributed by atoms with Crippen LogP contribution in [0.15, 0.2) is 12.1 Å². The van der Waals surface area contributed by atoms with Crippen LogP contribution in [-0.4, -0.2) is 16.9 Å². The average molecular weight is 271 g/mol. The van der Waals surface area contributed by atoms with Gasteiger partial charge in [-0.25, -0.2) is 0 Å². The number of carbonyl (C=O) groups is 1. The Kier molecular flexibility index (Phi) is 3.39. The van der Waals surface area contributed by atoms with E-state index in [9.17, 15) is 4.79 Å². The zero-order chi connectivity index (χ0) is 13.3. The molecule has 2 rings (SSSR count). The number of aryl methyl sites for hydroxylation is 1. The van der Waals surface area contributed by atoms with Crippen molar-refractivity contribution in [3.8, 4) is 11.5 Å². The Bertz CT molecular complexity index is 482. The van der Waals surface area contributed by atoms with E-state index in [-0.39, 0.29) is 6.42 Å². The Hall–Kier alpha value is -1.42. The Morgan fingerprint density at radius 3 is 2.56 bits per heavy atom. The molecule has 1 heterocycles. The minimum Gasteiger partial charge on any atom is -0.481 e. The van der Waals surface area contributed by atoms with Gasteiger partial charge in [0, 0.05) is 31.4 Å². The smallest absolute Gasteiger partial charge is 0.303 e. The number of carboxylic acids is 1. The maximum atomic E-state index is 10.5. The van der Waals surface area contributed by atoms with Crippen LogP contribution < -0.4 is 9.47 Å². The lowest BCUT2D eigenvalue weighted by Gasteiger charge is -2.16. The molecule has 0 saturated heterocycles. The summed E-state index contributed by atoms with van der Waals surface area (Å²) in [6, 6.07) is 3.55. The van der Waals surface area contributed by atoms with Gasteiger partial charge in [-0.1, -0.05) is 11.6 Å². The number of aliphatic carboxylic acids is 1. The third-order valence-electron chi connectivity index (χ3n) is 2.66. The fourth-order valence-electron chi connectivity index (χ4n) is 1.91. The Labute approximate surface area is 110 Å². The number of hydrogen-bond donors (Lipinski definition) is 1. The maximum absolute atomic E-state index is 10.5. The van der Waals surface area contributed by atoms with Gasteiger partial charge in [0.2, 0.25) is 5.79 Å². The molecule has 1 aliphatic heterocycles. The van der Waals surface area contributed by atoms with E-state index in [1.165, 1.54) is 0 Å². The first-order valence-corrected chi connectivity index (χ1v) is 6.17. The first-order valence-electron chi connectivity index (χ1n) is 5.80. The summed E-state index contributed by atoms with van der Waals surface area (Å²) in [5.41, 5.74) is 0.887. The second kappa shape index (κ2) is 4.69. The fourth-order valence-corrected chi connectivity index (χ4v) is 2.16. The van der Waals surface area contributed by atoms with Crippen LogP contribution in [0.3, 0.4) is 0 Å². The predicted octanol–water partition coefficient (Wildman–Crippen LogP) is 3.25. The van der Waals surface area contributed by atoms with Gasteiger partial charge in [0.05, 0.1) is 0 Å². The lowest BCUT2D eigenvalue weighted by Crippen LogP contribution is -2.29. The van der Waals surface area contributed by atoms with Crippen molar-refractivity contribution in [2.75, 3.05) is 0 Å². The highest BCUT2D eigenvalue weighted by atomic mass is 35.5. The fraction of sp³-hybridized carbons (Fsp3) is 0.462. The topological polar surface area (TPSA) is 55.8 Å². The number of rotatable bonds is 4. The maximum Gasteiger partial charge on any atom is 0.303 e. The van der Waals surface area contributed by atoms with Crippen molar-refractivity contribution in [3.63, 3.8) is 0 Å². The van der Waals surface area contributed by atoms with Crippen LogP contribution >= 0.6 is 11.6 Å². The zero-order valence-electron chi connectivity index (χ0n) is 10.3. The molecule has 18 heavy (non-hydrogen) atoms. The van der Waals surface area contributed by atoms with Crippen LogP contribution in [0, 0.1) is 0 Å². The largest absolute Gasteiger partial charge is 0.481 e. The molecular weight excluding hydrogens is 256 g/mol. The monoisotopic (exact) mass is 270 g/mol. The molecule has 5 heteroatoms. The third kappa shape index (κ3) is 2.88. The summed E-state index contributed by atoms with van der Waals surface area (Å²) < 4.78 is 11.2. The zero-order valence-corrected chi connectivity index (χ0v) is 11.1. The molecular formula is C13H15ClO4. The van der Waals surface area contributed by atoms with Crippen LogP contribution in [0.1, 0.15) is 32.3 Å². The molecule has 0 radical (unpaired) electrons. The van der Waals surface area contributed by atoms with Gasteiger partial charge in [-0.3, -0.25) is 4.79 Å². The van der Waals surface area contributed by atoms with Crippen LogP contribution in [0.2, 0.25) is 5.02 Å². The van der Waals surface area contributed by atoms with Crippen molar-refractivity contribution < 1.29 is 19.4 Å². The Morgan fingerprint density at radius 2 is 1.94 bits per heavy atom. The Morgan fingerprint density at radius 1 is 1.33 bits per heavy atom. The lowest BCUT2D eigenvalue weighted by atomic mass is 10.1. The van der Waals surface area contributed by atoms with E-state index >= 15 is 0 Å². The minimum atomic E-state index is -0.798. The number of benzene rings is 1. The molecule has 0 atom stereocenters. The molecule has 0 aliphatic carbocycles. The summed E-state index contributed by atoms with van der Waals surface area (Å²) in [7, 11) is 0. The van der Waals surface area contributed by atoms with Crippen molar-refractivity contribution in [1.29, 1.82) is 0 Å². The van der Waals surface area contributed by atoms with Gasteiger partial charge in [0.1, 0.15) is 0 Å². The van der Waals surface area contributed by atoms with Gasteiger partial charge in [0.25, 0.3) is 0 Å². The molecule has 1 aromatic rings.